The lowest BCUT2D eigenvalue weighted by atomic mass is 10.1. The summed E-state index contributed by atoms with van der Waals surface area (Å²) in [4.78, 5) is 27.2. The Bertz CT molecular complexity index is 594. The summed E-state index contributed by atoms with van der Waals surface area (Å²) in [6.07, 6.45) is 3.94. The fourth-order valence-electron chi connectivity index (χ4n) is 1.73. The van der Waals surface area contributed by atoms with Gasteiger partial charge in [0.2, 0.25) is 0 Å². The van der Waals surface area contributed by atoms with Crippen LogP contribution in [-0.2, 0) is 11.2 Å². The Balaban J connectivity index is 1.89. The maximum Gasteiger partial charge on any atom is 0.421 e. The van der Waals surface area contributed by atoms with Gasteiger partial charge in [0, 0.05) is 11.6 Å². The number of benzene rings is 1. The summed E-state index contributed by atoms with van der Waals surface area (Å²) in [6.45, 7) is 2.13. The third-order valence-corrected chi connectivity index (χ3v) is 3.52. The van der Waals surface area contributed by atoms with E-state index in [1.165, 1.54) is 16.9 Å². The number of aromatic nitrogens is 1. The van der Waals surface area contributed by atoms with Crippen LogP contribution in [0.3, 0.4) is 0 Å². The van der Waals surface area contributed by atoms with Gasteiger partial charge in [0.1, 0.15) is 0 Å². The summed E-state index contributed by atoms with van der Waals surface area (Å²) in [5.74, 6) is -0.675. The molecule has 0 bridgehead atoms. The first-order valence-corrected chi connectivity index (χ1v) is 7.58. The minimum atomic E-state index is -0.829. The Morgan fingerprint density at radius 2 is 2.05 bits per heavy atom. The fraction of sp³-hybridized carbons (Fsp3) is 0.267. The molecule has 0 unspecified atom stereocenters. The number of hydrogen-bond acceptors (Lipinski definition) is 5. The second-order valence-electron chi connectivity index (χ2n) is 4.44. The summed E-state index contributed by atoms with van der Waals surface area (Å²) in [7, 11) is 0. The molecule has 0 radical (unpaired) electrons. The van der Waals surface area contributed by atoms with Gasteiger partial charge in [-0.3, -0.25) is 5.32 Å². The zero-order chi connectivity index (χ0) is 15.1. The molecule has 1 heterocycles. The van der Waals surface area contributed by atoms with Crippen molar-refractivity contribution in [1.29, 1.82) is 0 Å². The van der Waals surface area contributed by atoms with Crippen molar-refractivity contribution in [2.75, 3.05) is 5.32 Å². The molecule has 2 rings (SSSR count). The molecule has 110 valence electrons. The molecular formula is C15H16N2O3S. The van der Waals surface area contributed by atoms with E-state index in [0.717, 1.165) is 19.3 Å². The number of rotatable bonds is 5. The van der Waals surface area contributed by atoms with Gasteiger partial charge >= 0.3 is 12.1 Å². The van der Waals surface area contributed by atoms with Crippen LogP contribution in [0.4, 0.5) is 9.93 Å². The van der Waals surface area contributed by atoms with Crippen molar-refractivity contribution in [1.82, 2.24) is 4.98 Å². The van der Waals surface area contributed by atoms with Crippen LogP contribution >= 0.6 is 11.3 Å². The maximum atomic E-state index is 11.8. The molecule has 0 atom stereocenters. The summed E-state index contributed by atoms with van der Waals surface area (Å²) < 4.78 is 4.71. The minimum absolute atomic E-state index is 0.351. The number of carbonyl (C=O) groups is 2. The molecule has 1 aromatic heterocycles. The van der Waals surface area contributed by atoms with E-state index in [0.29, 0.717) is 10.7 Å². The molecule has 5 nitrogen and oxygen atoms in total. The Labute approximate surface area is 127 Å². The van der Waals surface area contributed by atoms with E-state index in [1.807, 2.05) is 12.1 Å². The topological polar surface area (TPSA) is 68.3 Å². The van der Waals surface area contributed by atoms with Crippen LogP contribution in [0.25, 0.3) is 0 Å². The predicted octanol–water partition coefficient (Wildman–Crippen LogP) is 3.87. The average Bonchev–Trinajstić information content (AvgIpc) is 2.98. The number of carbonyl (C=O) groups excluding carboxylic acids is 2. The van der Waals surface area contributed by atoms with E-state index >= 15 is 0 Å². The number of nitrogens with zero attached hydrogens (tertiary/aromatic N) is 1. The van der Waals surface area contributed by atoms with E-state index in [9.17, 15) is 9.59 Å². The lowest BCUT2D eigenvalue weighted by Gasteiger charge is -2.04. The van der Waals surface area contributed by atoms with Crippen molar-refractivity contribution in [2.45, 2.75) is 26.2 Å². The second kappa shape index (κ2) is 7.54. The number of esters is 1. The maximum absolute atomic E-state index is 11.8. The number of hydrogen-bond donors (Lipinski definition) is 1. The van der Waals surface area contributed by atoms with Gasteiger partial charge in [-0.25, -0.2) is 14.6 Å². The van der Waals surface area contributed by atoms with Crippen LogP contribution in [0.2, 0.25) is 0 Å². The van der Waals surface area contributed by atoms with Crippen LogP contribution in [0.5, 0.6) is 0 Å². The van der Waals surface area contributed by atoms with Crippen LogP contribution in [-0.4, -0.2) is 17.0 Å². The number of aryl methyl sites for hydroxylation is 1. The van der Waals surface area contributed by atoms with Crippen molar-refractivity contribution < 1.29 is 14.3 Å². The highest BCUT2D eigenvalue weighted by Crippen LogP contribution is 2.12. The molecule has 0 aliphatic carbocycles. The van der Waals surface area contributed by atoms with Crippen LogP contribution < -0.4 is 5.32 Å². The Kier molecular flexibility index (Phi) is 5.45. The number of amides is 1. The lowest BCUT2D eigenvalue weighted by molar-refractivity contribution is 0.0645. The fourth-order valence-corrected chi connectivity index (χ4v) is 2.24. The van der Waals surface area contributed by atoms with Crippen molar-refractivity contribution in [2.24, 2.45) is 0 Å². The van der Waals surface area contributed by atoms with Gasteiger partial charge in [-0.15, -0.1) is 11.3 Å². The Morgan fingerprint density at radius 1 is 1.29 bits per heavy atom. The van der Waals surface area contributed by atoms with Crippen LogP contribution in [0.15, 0.2) is 35.8 Å². The zero-order valence-corrected chi connectivity index (χ0v) is 12.5. The van der Waals surface area contributed by atoms with E-state index in [-0.39, 0.29) is 0 Å². The molecule has 2 aromatic rings. The number of ether oxygens (including phenoxy) is 1. The highest BCUT2D eigenvalue weighted by atomic mass is 32.1. The SMILES string of the molecule is CCCCc1ccc(C(=O)OC(=O)Nc2nccs2)cc1. The Hall–Kier alpha value is -2.21. The first-order valence-electron chi connectivity index (χ1n) is 6.70. The quantitative estimate of drug-likeness (QED) is 0.672. The zero-order valence-electron chi connectivity index (χ0n) is 11.7. The molecule has 21 heavy (non-hydrogen) atoms. The van der Waals surface area contributed by atoms with Crippen molar-refractivity contribution in [3.8, 4) is 0 Å². The standard InChI is InChI=1S/C15H16N2O3S/c1-2-3-4-11-5-7-12(8-6-11)13(18)20-15(19)17-14-16-9-10-21-14/h5-10H,2-4H2,1H3,(H,16,17,19). The van der Waals surface area contributed by atoms with Crippen molar-refractivity contribution >= 4 is 28.5 Å². The molecule has 0 fully saturated rings. The monoisotopic (exact) mass is 304 g/mol. The molecule has 1 amide bonds. The van der Waals surface area contributed by atoms with Gasteiger partial charge in [0.25, 0.3) is 0 Å². The summed E-state index contributed by atoms with van der Waals surface area (Å²) in [5.41, 5.74) is 1.52. The van der Waals surface area contributed by atoms with Crippen molar-refractivity contribution in [3.05, 3.63) is 47.0 Å². The molecule has 1 aromatic carbocycles. The van der Waals surface area contributed by atoms with Crippen LogP contribution in [0, 0.1) is 0 Å². The van der Waals surface area contributed by atoms with Gasteiger partial charge in [-0.1, -0.05) is 25.5 Å². The summed E-state index contributed by atoms with van der Waals surface area (Å²) >= 11 is 1.25. The van der Waals surface area contributed by atoms with Crippen LogP contribution in [0.1, 0.15) is 35.7 Å². The van der Waals surface area contributed by atoms with E-state index in [4.69, 9.17) is 4.74 Å². The lowest BCUT2D eigenvalue weighted by Crippen LogP contribution is -2.18. The molecule has 0 aliphatic rings. The molecule has 0 spiro atoms. The van der Waals surface area contributed by atoms with E-state index in [2.05, 4.69) is 17.2 Å². The number of thiazole rings is 1. The summed E-state index contributed by atoms with van der Waals surface area (Å²) in [5, 5.41) is 4.49. The number of unbranched alkanes of at least 4 members (excludes halogenated alkanes) is 1. The van der Waals surface area contributed by atoms with Gasteiger partial charge < -0.3 is 4.74 Å². The first-order chi connectivity index (χ1) is 10.2. The minimum Gasteiger partial charge on any atom is -0.372 e. The van der Waals surface area contributed by atoms with Gasteiger partial charge in [-0.05, 0) is 30.5 Å². The molecular weight excluding hydrogens is 288 g/mol. The first kappa shape index (κ1) is 15.2. The van der Waals surface area contributed by atoms with Gasteiger partial charge in [0.05, 0.1) is 5.56 Å². The third-order valence-electron chi connectivity index (χ3n) is 2.84. The molecule has 0 saturated carbocycles. The second-order valence-corrected chi connectivity index (χ2v) is 5.33. The number of anilines is 1. The number of nitrogens with one attached hydrogen (secondary N) is 1. The molecule has 0 aliphatic heterocycles. The molecule has 0 saturated heterocycles. The predicted molar refractivity (Wildman–Crippen MR) is 81.6 cm³/mol. The average molecular weight is 304 g/mol. The van der Waals surface area contributed by atoms with Crippen molar-refractivity contribution in [3.63, 3.8) is 0 Å². The highest BCUT2D eigenvalue weighted by molar-refractivity contribution is 7.13. The van der Waals surface area contributed by atoms with Gasteiger partial charge in [0.15, 0.2) is 5.13 Å². The largest absolute Gasteiger partial charge is 0.421 e. The van der Waals surface area contributed by atoms with E-state index < -0.39 is 12.1 Å². The highest BCUT2D eigenvalue weighted by Gasteiger charge is 2.13. The Morgan fingerprint density at radius 3 is 2.67 bits per heavy atom. The smallest absolute Gasteiger partial charge is 0.372 e. The molecule has 6 heteroatoms. The third kappa shape index (κ3) is 4.68. The van der Waals surface area contributed by atoms with Gasteiger partial charge in [-0.2, -0.15) is 0 Å². The normalized spacial score (nSPS) is 10.1. The summed E-state index contributed by atoms with van der Waals surface area (Å²) in [6, 6.07) is 7.10. The molecule has 1 N–H and O–H groups in total. The van der Waals surface area contributed by atoms with E-state index in [1.54, 1.807) is 23.7 Å².